The number of nitriles is 1. The van der Waals surface area contributed by atoms with Crippen LogP contribution in [0.1, 0.15) is 16.8 Å². The molecule has 0 amide bonds. The molecule has 0 fully saturated rings. The summed E-state index contributed by atoms with van der Waals surface area (Å²) in [6.07, 6.45) is 0.751. The van der Waals surface area contributed by atoms with E-state index in [2.05, 4.69) is 16.4 Å². The molecule has 0 aliphatic carbocycles. The zero-order valence-corrected chi connectivity index (χ0v) is 10.7. The summed E-state index contributed by atoms with van der Waals surface area (Å²) in [6.45, 7) is 2.53. The highest BCUT2D eigenvalue weighted by Gasteiger charge is 2.03. The normalized spacial score (nSPS) is 9.95. The molecule has 0 aliphatic rings. The van der Waals surface area contributed by atoms with Crippen molar-refractivity contribution in [3.8, 4) is 6.07 Å². The van der Waals surface area contributed by atoms with Gasteiger partial charge in [-0.05, 0) is 43.2 Å². The fraction of sp³-hybridized carbons (Fsp3) is 0.200. The molecule has 2 aromatic rings. The van der Waals surface area contributed by atoms with Crippen LogP contribution in [0.2, 0.25) is 0 Å². The van der Waals surface area contributed by atoms with Gasteiger partial charge in [0.15, 0.2) is 0 Å². The molecular formula is C15H14FN3. The van der Waals surface area contributed by atoms with E-state index in [1.165, 1.54) is 12.1 Å². The first-order chi connectivity index (χ1) is 9.19. The van der Waals surface area contributed by atoms with Crippen LogP contribution in [0.25, 0.3) is 0 Å². The van der Waals surface area contributed by atoms with E-state index < -0.39 is 0 Å². The van der Waals surface area contributed by atoms with Crippen molar-refractivity contribution in [2.45, 2.75) is 13.3 Å². The Morgan fingerprint density at radius 3 is 2.63 bits per heavy atom. The van der Waals surface area contributed by atoms with Gasteiger partial charge in [-0.15, -0.1) is 0 Å². The van der Waals surface area contributed by atoms with Crippen molar-refractivity contribution < 1.29 is 4.39 Å². The topological polar surface area (TPSA) is 48.7 Å². The summed E-state index contributed by atoms with van der Waals surface area (Å²) in [6, 6.07) is 12.1. The van der Waals surface area contributed by atoms with Gasteiger partial charge >= 0.3 is 0 Å². The van der Waals surface area contributed by atoms with Crippen LogP contribution in [0.15, 0.2) is 36.4 Å². The van der Waals surface area contributed by atoms with Gasteiger partial charge in [0.05, 0.1) is 5.56 Å². The van der Waals surface area contributed by atoms with Crippen molar-refractivity contribution in [1.82, 2.24) is 4.98 Å². The van der Waals surface area contributed by atoms with Gasteiger partial charge in [-0.1, -0.05) is 12.1 Å². The van der Waals surface area contributed by atoms with E-state index in [4.69, 9.17) is 5.26 Å². The number of nitrogens with one attached hydrogen (secondary N) is 1. The maximum atomic E-state index is 12.8. The van der Waals surface area contributed by atoms with Gasteiger partial charge in [0, 0.05) is 12.2 Å². The minimum atomic E-state index is -0.233. The van der Waals surface area contributed by atoms with E-state index in [9.17, 15) is 4.39 Å². The summed E-state index contributed by atoms with van der Waals surface area (Å²) in [7, 11) is 0. The van der Waals surface area contributed by atoms with Gasteiger partial charge in [0.25, 0.3) is 0 Å². The SMILES string of the molecule is Cc1ccc(C#N)c(NCCc2ccc(F)cc2)n1. The fourth-order valence-corrected chi connectivity index (χ4v) is 1.76. The van der Waals surface area contributed by atoms with E-state index in [-0.39, 0.29) is 5.82 Å². The minimum absolute atomic E-state index is 0.233. The van der Waals surface area contributed by atoms with Crippen molar-refractivity contribution in [1.29, 1.82) is 5.26 Å². The van der Waals surface area contributed by atoms with Crippen LogP contribution in [-0.2, 0) is 6.42 Å². The zero-order valence-electron chi connectivity index (χ0n) is 10.7. The summed E-state index contributed by atoms with van der Waals surface area (Å²) in [5.74, 6) is 0.369. The van der Waals surface area contributed by atoms with Crippen molar-refractivity contribution in [2.24, 2.45) is 0 Å². The van der Waals surface area contributed by atoms with Crippen molar-refractivity contribution >= 4 is 5.82 Å². The highest BCUT2D eigenvalue weighted by atomic mass is 19.1. The van der Waals surface area contributed by atoms with Crippen molar-refractivity contribution in [3.05, 3.63) is 59.0 Å². The number of pyridine rings is 1. The van der Waals surface area contributed by atoms with Crippen LogP contribution in [0, 0.1) is 24.1 Å². The third kappa shape index (κ3) is 3.52. The quantitative estimate of drug-likeness (QED) is 0.913. The van der Waals surface area contributed by atoms with E-state index in [1.807, 2.05) is 13.0 Å². The van der Waals surface area contributed by atoms with Crippen molar-refractivity contribution in [2.75, 3.05) is 11.9 Å². The second kappa shape index (κ2) is 5.96. The molecule has 0 radical (unpaired) electrons. The fourth-order valence-electron chi connectivity index (χ4n) is 1.76. The molecule has 0 aliphatic heterocycles. The molecule has 96 valence electrons. The van der Waals surface area contributed by atoms with Gasteiger partial charge in [-0.25, -0.2) is 9.37 Å². The number of hydrogen-bond acceptors (Lipinski definition) is 3. The highest BCUT2D eigenvalue weighted by Crippen LogP contribution is 2.12. The third-order valence-corrected chi connectivity index (χ3v) is 2.77. The molecule has 4 heteroatoms. The molecule has 0 atom stereocenters. The second-order valence-electron chi connectivity index (χ2n) is 4.26. The number of hydrogen-bond donors (Lipinski definition) is 1. The lowest BCUT2D eigenvalue weighted by Crippen LogP contribution is -2.08. The molecule has 1 N–H and O–H groups in total. The number of halogens is 1. The lowest BCUT2D eigenvalue weighted by Gasteiger charge is -2.08. The summed E-state index contributed by atoms with van der Waals surface area (Å²) >= 11 is 0. The molecule has 0 unspecified atom stereocenters. The molecule has 0 spiro atoms. The first kappa shape index (κ1) is 13.0. The molecule has 1 aromatic heterocycles. The van der Waals surface area contributed by atoms with E-state index in [1.54, 1.807) is 18.2 Å². The minimum Gasteiger partial charge on any atom is -0.369 e. The van der Waals surface area contributed by atoms with Gasteiger partial charge in [0.2, 0.25) is 0 Å². The van der Waals surface area contributed by atoms with Crippen molar-refractivity contribution in [3.63, 3.8) is 0 Å². The predicted octanol–water partition coefficient (Wildman–Crippen LogP) is 3.06. The summed E-state index contributed by atoms with van der Waals surface area (Å²) in [5, 5.41) is 12.1. The van der Waals surface area contributed by atoms with Crippen LogP contribution < -0.4 is 5.32 Å². The molecule has 1 aromatic carbocycles. The Labute approximate surface area is 111 Å². The Bertz CT molecular complexity index is 600. The van der Waals surface area contributed by atoms with Crippen LogP contribution in [0.5, 0.6) is 0 Å². The molecule has 2 rings (SSSR count). The Hall–Kier alpha value is -2.41. The zero-order chi connectivity index (χ0) is 13.7. The first-order valence-corrected chi connectivity index (χ1v) is 6.05. The van der Waals surface area contributed by atoms with Gasteiger partial charge in [-0.2, -0.15) is 5.26 Å². The number of nitrogens with zero attached hydrogens (tertiary/aromatic N) is 2. The monoisotopic (exact) mass is 255 g/mol. The standard InChI is InChI=1S/C15H14FN3/c1-11-2-5-13(10-17)15(19-11)18-9-8-12-3-6-14(16)7-4-12/h2-7H,8-9H2,1H3,(H,18,19). The summed E-state index contributed by atoms with van der Waals surface area (Å²) in [5.41, 5.74) is 2.44. The number of anilines is 1. The third-order valence-electron chi connectivity index (χ3n) is 2.77. The van der Waals surface area contributed by atoms with Gasteiger partial charge in [-0.3, -0.25) is 0 Å². The largest absolute Gasteiger partial charge is 0.369 e. The van der Waals surface area contributed by atoms with Crippen LogP contribution in [0.4, 0.5) is 10.2 Å². The van der Waals surface area contributed by atoms with Gasteiger partial charge in [0.1, 0.15) is 17.7 Å². The molecule has 0 saturated heterocycles. The number of aryl methyl sites for hydroxylation is 1. The average molecular weight is 255 g/mol. The molecular weight excluding hydrogens is 241 g/mol. The lowest BCUT2D eigenvalue weighted by atomic mass is 10.1. The van der Waals surface area contributed by atoms with E-state index in [0.717, 1.165) is 17.7 Å². The molecule has 19 heavy (non-hydrogen) atoms. The van der Waals surface area contributed by atoms with Gasteiger partial charge < -0.3 is 5.32 Å². The molecule has 0 bridgehead atoms. The number of aromatic nitrogens is 1. The van der Waals surface area contributed by atoms with Crippen LogP contribution >= 0.6 is 0 Å². The van der Waals surface area contributed by atoms with E-state index >= 15 is 0 Å². The molecule has 3 nitrogen and oxygen atoms in total. The smallest absolute Gasteiger partial charge is 0.144 e. The van der Waals surface area contributed by atoms with Crippen LogP contribution in [-0.4, -0.2) is 11.5 Å². The Balaban J connectivity index is 1.98. The lowest BCUT2D eigenvalue weighted by molar-refractivity contribution is 0.627. The Morgan fingerprint density at radius 1 is 1.21 bits per heavy atom. The number of benzene rings is 1. The maximum Gasteiger partial charge on any atom is 0.144 e. The van der Waals surface area contributed by atoms with Crippen LogP contribution in [0.3, 0.4) is 0 Å². The maximum absolute atomic E-state index is 12.8. The number of rotatable bonds is 4. The van der Waals surface area contributed by atoms with E-state index in [0.29, 0.717) is 17.9 Å². The molecule has 1 heterocycles. The first-order valence-electron chi connectivity index (χ1n) is 6.05. The second-order valence-corrected chi connectivity index (χ2v) is 4.26. The summed E-state index contributed by atoms with van der Waals surface area (Å²) in [4.78, 5) is 4.30. The summed E-state index contributed by atoms with van der Waals surface area (Å²) < 4.78 is 12.8. The molecule has 0 saturated carbocycles. The Kier molecular flexibility index (Phi) is 4.09. The highest BCUT2D eigenvalue weighted by molar-refractivity contribution is 5.52. The average Bonchev–Trinajstić information content (AvgIpc) is 2.41. The Morgan fingerprint density at radius 2 is 1.95 bits per heavy atom. The predicted molar refractivity (Wildman–Crippen MR) is 72.3 cm³/mol.